The molecule has 0 atom stereocenters. The summed E-state index contributed by atoms with van der Waals surface area (Å²) in [4.78, 5) is 18.4. The highest BCUT2D eigenvalue weighted by Crippen LogP contribution is 2.43. The van der Waals surface area contributed by atoms with Crippen LogP contribution in [0, 0.1) is 0 Å². The average molecular weight is 303 g/mol. The number of aliphatic imine (C=N–C) groups is 1. The van der Waals surface area contributed by atoms with E-state index in [4.69, 9.17) is 4.74 Å². The molecule has 110 valence electrons. The van der Waals surface area contributed by atoms with Gasteiger partial charge in [-0.3, -0.25) is 4.99 Å². The Hall–Kier alpha value is -1.95. The van der Waals surface area contributed by atoms with Gasteiger partial charge in [0.2, 0.25) is 0 Å². The lowest BCUT2D eigenvalue weighted by molar-refractivity contribution is -0.305. The lowest BCUT2D eigenvalue weighted by Crippen LogP contribution is -2.22. The Balaban J connectivity index is 1.93. The van der Waals surface area contributed by atoms with Crippen LogP contribution in [-0.4, -0.2) is 36.2 Å². The Kier molecular flexibility index (Phi) is 3.88. The fourth-order valence-electron chi connectivity index (χ4n) is 2.48. The molecule has 0 N–H and O–H groups in total. The lowest BCUT2D eigenvalue weighted by Gasteiger charge is -2.17. The van der Waals surface area contributed by atoms with Crippen molar-refractivity contribution in [2.45, 2.75) is 12.8 Å². The second-order valence-electron chi connectivity index (χ2n) is 4.79. The first-order chi connectivity index (χ1) is 10.2. The van der Waals surface area contributed by atoms with Gasteiger partial charge in [-0.25, -0.2) is 0 Å². The Labute approximate surface area is 127 Å². The number of aliphatic carboxylic acids is 1. The van der Waals surface area contributed by atoms with Crippen LogP contribution in [0.2, 0.25) is 0 Å². The zero-order valence-electron chi connectivity index (χ0n) is 11.7. The number of hydrogen-bond donors (Lipinski definition) is 0. The van der Waals surface area contributed by atoms with Gasteiger partial charge in [0.25, 0.3) is 0 Å². The van der Waals surface area contributed by atoms with E-state index >= 15 is 0 Å². The molecule has 21 heavy (non-hydrogen) atoms. The number of carbonyl (C=O) groups is 1. The number of carboxylic acids is 1. The fraction of sp³-hybridized carbons (Fsp3) is 0.333. The quantitative estimate of drug-likeness (QED) is 0.820. The SMILES string of the molecule is COc1ccc(C2=C(CCC(=O)[O-])SC3=NCCN32)cc1. The van der Waals surface area contributed by atoms with E-state index in [9.17, 15) is 9.90 Å². The first-order valence-corrected chi connectivity index (χ1v) is 7.58. The van der Waals surface area contributed by atoms with E-state index in [1.165, 1.54) is 0 Å². The van der Waals surface area contributed by atoms with Crippen molar-refractivity contribution in [2.24, 2.45) is 4.99 Å². The second-order valence-corrected chi connectivity index (χ2v) is 5.85. The highest BCUT2D eigenvalue weighted by molar-refractivity contribution is 8.17. The monoisotopic (exact) mass is 303 g/mol. The Bertz CT molecular complexity index is 622. The zero-order chi connectivity index (χ0) is 14.8. The van der Waals surface area contributed by atoms with Gasteiger partial charge >= 0.3 is 0 Å². The van der Waals surface area contributed by atoms with Gasteiger partial charge in [-0.2, -0.15) is 0 Å². The summed E-state index contributed by atoms with van der Waals surface area (Å²) in [6.07, 6.45) is 0.507. The van der Waals surface area contributed by atoms with Crippen LogP contribution in [0.1, 0.15) is 18.4 Å². The number of allylic oxidation sites excluding steroid dienone is 1. The van der Waals surface area contributed by atoms with Crippen LogP contribution < -0.4 is 9.84 Å². The highest BCUT2D eigenvalue weighted by atomic mass is 32.2. The van der Waals surface area contributed by atoms with E-state index in [1.807, 2.05) is 24.3 Å². The second kappa shape index (κ2) is 5.81. The summed E-state index contributed by atoms with van der Waals surface area (Å²) in [6.45, 7) is 1.63. The molecule has 0 amide bonds. The van der Waals surface area contributed by atoms with E-state index in [0.29, 0.717) is 6.42 Å². The van der Waals surface area contributed by atoms with Crippen LogP contribution in [0.25, 0.3) is 5.70 Å². The van der Waals surface area contributed by atoms with Gasteiger partial charge in [0.05, 0.1) is 19.4 Å². The summed E-state index contributed by atoms with van der Waals surface area (Å²) >= 11 is 1.57. The van der Waals surface area contributed by atoms with Gasteiger partial charge in [0, 0.05) is 17.4 Å². The molecule has 2 heterocycles. The summed E-state index contributed by atoms with van der Waals surface area (Å²) < 4.78 is 5.18. The summed E-state index contributed by atoms with van der Waals surface area (Å²) in [5.41, 5.74) is 2.13. The molecule has 0 saturated carbocycles. The number of rotatable bonds is 5. The van der Waals surface area contributed by atoms with E-state index in [2.05, 4.69) is 9.89 Å². The van der Waals surface area contributed by atoms with Crippen LogP contribution in [0.15, 0.2) is 34.2 Å². The van der Waals surface area contributed by atoms with Gasteiger partial charge < -0.3 is 19.5 Å². The smallest absolute Gasteiger partial charge is 0.168 e. The standard InChI is InChI=1S/C15H16N2O3S/c1-20-11-4-2-10(3-5-11)14-12(6-7-13(18)19)21-15-16-8-9-17(14)15/h2-5H,6-9H2,1H3,(H,18,19)/p-1. The molecule has 0 aromatic heterocycles. The maximum absolute atomic E-state index is 10.7. The first-order valence-electron chi connectivity index (χ1n) is 6.76. The number of thioether (sulfide) groups is 1. The lowest BCUT2D eigenvalue weighted by atomic mass is 10.1. The number of benzene rings is 1. The van der Waals surface area contributed by atoms with Gasteiger partial charge in [0.15, 0.2) is 5.17 Å². The molecule has 1 aromatic carbocycles. The van der Waals surface area contributed by atoms with Crippen molar-refractivity contribution >= 4 is 28.6 Å². The molecule has 2 aliphatic rings. The number of methoxy groups -OCH3 is 1. The predicted molar refractivity (Wildman–Crippen MR) is 80.8 cm³/mol. The van der Waals surface area contributed by atoms with Crippen molar-refractivity contribution in [3.8, 4) is 5.75 Å². The van der Waals surface area contributed by atoms with Crippen molar-refractivity contribution in [3.63, 3.8) is 0 Å². The third kappa shape index (κ3) is 2.76. The van der Waals surface area contributed by atoms with E-state index in [1.54, 1.807) is 18.9 Å². The van der Waals surface area contributed by atoms with Gasteiger partial charge in [-0.05, 0) is 42.7 Å². The molecule has 0 fully saturated rings. The fourth-order valence-corrected chi connectivity index (χ4v) is 3.68. The van der Waals surface area contributed by atoms with Crippen LogP contribution in [0.4, 0.5) is 0 Å². The topological polar surface area (TPSA) is 65.0 Å². The van der Waals surface area contributed by atoms with Crippen molar-refractivity contribution in [1.82, 2.24) is 4.90 Å². The van der Waals surface area contributed by atoms with Crippen molar-refractivity contribution in [1.29, 1.82) is 0 Å². The van der Waals surface area contributed by atoms with Crippen LogP contribution in [0.3, 0.4) is 0 Å². The maximum atomic E-state index is 10.7. The molecule has 1 aromatic rings. The van der Waals surface area contributed by atoms with Gasteiger partial charge in [0.1, 0.15) is 5.75 Å². The average Bonchev–Trinajstić information content (AvgIpc) is 3.05. The van der Waals surface area contributed by atoms with E-state index in [0.717, 1.165) is 40.2 Å². The number of carbonyl (C=O) groups excluding carboxylic acids is 1. The normalized spacial score (nSPS) is 17.0. The molecule has 0 saturated heterocycles. The Morgan fingerprint density at radius 3 is 2.86 bits per heavy atom. The molecule has 5 nitrogen and oxygen atoms in total. The molecule has 0 aliphatic carbocycles. The van der Waals surface area contributed by atoms with Crippen LogP contribution >= 0.6 is 11.8 Å². The van der Waals surface area contributed by atoms with E-state index in [-0.39, 0.29) is 6.42 Å². The molecule has 6 heteroatoms. The van der Waals surface area contributed by atoms with Crippen LogP contribution in [0.5, 0.6) is 5.75 Å². The molecule has 0 bridgehead atoms. The van der Waals surface area contributed by atoms with Gasteiger partial charge in [-0.1, -0.05) is 11.8 Å². The largest absolute Gasteiger partial charge is 0.550 e. The summed E-state index contributed by atoms with van der Waals surface area (Å²) in [7, 11) is 1.64. The predicted octanol–water partition coefficient (Wildman–Crippen LogP) is 1.31. The number of amidine groups is 1. The van der Waals surface area contributed by atoms with Crippen LogP contribution in [-0.2, 0) is 4.79 Å². The Morgan fingerprint density at radius 1 is 1.43 bits per heavy atom. The molecule has 0 radical (unpaired) electrons. The molecular weight excluding hydrogens is 288 g/mol. The first kappa shape index (κ1) is 14.0. The molecule has 0 spiro atoms. The minimum absolute atomic E-state index is 0.0309. The van der Waals surface area contributed by atoms with Crippen molar-refractivity contribution in [3.05, 3.63) is 34.7 Å². The van der Waals surface area contributed by atoms with Gasteiger partial charge in [-0.15, -0.1) is 0 Å². The minimum atomic E-state index is -1.02. The number of ether oxygens (including phenoxy) is 1. The van der Waals surface area contributed by atoms with Crippen molar-refractivity contribution < 1.29 is 14.6 Å². The molecule has 0 unspecified atom stereocenters. The summed E-state index contributed by atoms with van der Waals surface area (Å²) in [6, 6.07) is 7.81. The minimum Gasteiger partial charge on any atom is -0.550 e. The number of nitrogens with zero attached hydrogens (tertiary/aromatic N) is 2. The molecule has 3 rings (SSSR count). The Morgan fingerprint density at radius 2 is 2.19 bits per heavy atom. The highest BCUT2D eigenvalue weighted by Gasteiger charge is 2.32. The number of carboxylic acid groups (broad SMARTS) is 1. The molecular formula is C15H15N2O3S-. The maximum Gasteiger partial charge on any atom is 0.168 e. The zero-order valence-corrected chi connectivity index (χ0v) is 12.5. The third-order valence-electron chi connectivity index (χ3n) is 3.47. The summed E-state index contributed by atoms with van der Waals surface area (Å²) in [5, 5.41) is 11.7. The molecule has 2 aliphatic heterocycles. The number of fused-ring (bicyclic) bond motifs is 1. The van der Waals surface area contributed by atoms with E-state index < -0.39 is 5.97 Å². The third-order valence-corrected chi connectivity index (χ3v) is 4.65. The van der Waals surface area contributed by atoms with Crippen molar-refractivity contribution in [2.75, 3.05) is 20.2 Å². The summed E-state index contributed by atoms with van der Waals surface area (Å²) in [5.74, 6) is -0.220. The number of hydrogen-bond acceptors (Lipinski definition) is 6.